The minimum absolute atomic E-state index is 0.0104. The zero-order valence-electron chi connectivity index (χ0n) is 17.1. The second-order valence-corrected chi connectivity index (χ2v) is 7.15. The van der Waals surface area contributed by atoms with Crippen LogP contribution < -0.4 is 10.1 Å². The fourth-order valence-corrected chi connectivity index (χ4v) is 3.50. The van der Waals surface area contributed by atoms with Gasteiger partial charge in [-0.15, -0.1) is 0 Å². The average molecular weight is 376 g/mol. The first-order valence-electron chi connectivity index (χ1n) is 9.97. The minimum Gasteiger partial charge on any atom is -0.491 e. The first kappa shape index (κ1) is 21.1. The molecule has 1 aliphatic rings. The number of carbonyl (C=O) groups is 2. The van der Waals surface area contributed by atoms with E-state index in [-0.39, 0.29) is 17.9 Å². The van der Waals surface area contributed by atoms with Crippen LogP contribution in [0, 0.1) is 19.8 Å². The van der Waals surface area contributed by atoms with Gasteiger partial charge in [0, 0.05) is 26.2 Å². The number of rotatable bonds is 7. The lowest BCUT2D eigenvalue weighted by Crippen LogP contribution is -2.50. The number of ether oxygens (including phenoxy) is 1. The van der Waals surface area contributed by atoms with Gasteiger partial charge in [-0.05, 0) is 52.2 Å². The van der Waals surface area contributed by atoms with E-state index >= 15 is 0 Å². The third kappa shape index (κ3) is 5.88. The number of piperidine rings is 1. The SMILES string of the molecule is CCN(CC)C(=O)N1CCCC(C(=O)NCCOc2ccc(C)cc2C)C1. The standard InChI is InChI=1S/C21H33N3O3/c1-5-23(6-2)21(26)24-12-7-8-18(15-24)20(25)22-11-13-27-19-10-9-16(3)14-17(19)4/h9-10,14,18H,5-8,11-13,15H2,1-4H3,(H,22,25). The Kier molecular flexibility index (Phi) is 7.95. The maximum absolute atomic E-state index is 12.5. The highest BCUT2D eigenvalue weighted by Gasteiger charge is 2.29. The number of benzene rings is 1. The van der Waals surface area contributed by atoms with Crippen LogP contribution in [0.25, 0.3) is 0 Å². The summed E-state index contributed by atoms with van der Waals surface area (Å²) < 4.78 is 5.76. The number of aryl methyl sites for hydroxylation is 2. The average Bonchev–Trinajstić information content (AvgIpc) is 2.67. The first-order chi connectivity index (χ1) is 13.0. The van der Waals surface area contributed by atoms with Crippen LogP contribution in [0.3, 0.4) is 0 Å². The molecule has 1 aromatic rings. The third-order valence-electron chi connectivity index (χ3n) is 5.09. The highest BCUT2D eigenvalue weighted by Crippen LogP contribution is 2.19. The largest absolute Gasteiger partial charge is 0.491 e. The smallest absolute Gasteiger partial charge is 0.320 e. The van der Waals surface area contributed by atoms with Crippen LogP contribution in [-0.4, -0.2) is 61.1 Å². The molecule has 150 valence electrons. The van der Waals surface area contributed by atoms with Crippen LogP contribution in [0.5, 0.6) is 5.75 Å². The molecular formula is C21H33N3O3. The van der Waals surface area contributed by atoms with Crippen molar-refractivity contribution in [1.82, 2.24) is 15.1 Å². The van der Waals surface area contributed by atoms with E-state index in [0.29, 0.717) is 32.8 Å². The molecule has 0 aliphatic carbocycles. The molecule has 0 aromatic heterocycles. The maximum atomic E-state index is 12.5. The number of likely N-dealkylation sites (tertiary alicyclic amines) is 1. The van der Waals surface area contributed by atoms with E-state index in [4.69, 9.17) is 4.74 Å². The Morgan fingerprint density at radius 3 is 2.67 bits per heavy atom. The highest BCUT2D eigenvalue weighted by atomic mass is 16.5. The lowest BCUT2D eigenvalue weighted by atomic mass is 9.97. The summed E-state index contributed by atoms with van der Waals surface area (Å²) in [6.45, 7) is 11.5. The predicted molar refractivity (Wildman–Crippen MR) is 107 cm³/mol. The number of hydrogen-bond donors (Lipinski definition) is 1. The minimum atomic E-state index is -0.139. The summed E-state index contributed by atoms with van der Waals surface area (Å²) >= 11 is 0. The Balaban J connectivity index is 1.77. The van der Waals surface area contributed by atoms with E-state index in [2.05, 4.69) is 18.3 Å². The van der Waals surface area contributed by atoms with Gasteiger partial charge in [0.2, 0.25) is 5.91 Å². The molecule has 1 atom stereocenters. The monoisotopic (exact) mass is 375 g/mol. The fourth-order valence-electron chi connectivity index (χ4n) is 3.50. The lowest BCUT2D eigenvalue weighted by molar-refractivity contribution is -0.126. The molecule has 27 heavy (non-hydrogen) atoms. The lowest BCUT2D eigenvalue weighted by Gasteiger charge is -2.35. The summed E-state index contributed by atoms with van der Waals surface area (Å²) in [4.78, 5) is 28.6. The van der Waals surface area contributed by atoms with Crippen LogP contribution in [0.2, 0.25) is 0 Å². The van der Waals surface area contributed by atoms with Crippen molar-refractivity contribution in [3.05, 3.63) is 29.3 Å². The van der Waals surface area contributed by atoms with E-state index in [0.717, 1.165) is 30.7 Å². The second-order valence-electron chi connectivity index (χ2n) is 7.15. The molecule has 6 nitrogen and oxygen atoms in total. The summed E-state index contributed by atoms with van der Waals surface area (Å²) in [6.07, 6.45) is 1.69. The molecule has 2 rings (SSSR count). The molecular weight excluding hydrogens is 342 g/mol. The van der Waals surface area contributed by atoms with Crippen molar-refractivity contribution in [2.45, 2.75) is 40.5 Å². The Labute approximate surface area is 162 Å². The van der Waals surface area contributed by atoms with Gasteiger partial charge in [0.1, 0.15) is 12.4 Å². The number of hydrogen-bond acceptors (Lipinski definition) is 3. The van der Waals surface area contributed by atoms with Gasteiger partial charge < -0.3 is 19.9 Å². The maximum Gasteiger partial charge on any atom is 0.320 e. The van der Waals surface area contributed by atoms with Gasteiger partial charge in [-0.1, -0.05) is 17.7 Å². The van der Waals surface area contributed by atoms with Crippen molar-refractivity contribution >= 4 is 11.9 Å². The zero-order valence-corrected chi connectivity index (χ0v) is 17.1. The van der Waals surface area contributed by atoms with Crippen molar-refractivity contribution in [2.24, 2.45) is 5.92 Å². The highest BCUT2D eigenvalue weighted by molar-refractivity contribution is 5.80. The van der Waals surface area contributed by atoms with Crippen molar-refractivity contribution in [3.63, 3.8) is 0 Å². The van der Waals surface area contributed by atoms with Crippen molar-refractivity contribution < 1.29 is 14.3 Å². The molecule has 3 amide bonds. The summed E-state index contributed by atoms with van der Waals surface area (Å²) in [5.41, 5.74) is 2.30. The van der Waals surface area contributed by atoms with Crippen molar-refractivity contribution in [3.8, 4) is 5.75 Å². The predicted octanol–water partition coefficient (Wildman–Crippen LogP) is 2.97. The van der Waals surface area contributed by atoms with Crippen LogP contribution in [0.4, 0.5) is 4.79 Å². The van der Waals surface area contributed by atoms with Gasteiger partial charge in [0.25, 0.3) is 0 Å². The van der Waals surface area contributed by atoms with E-state index in [1.165, 1.54) is 5.56 Å². The molecule has 1 N–H and O–H groups in total. The summed E-state index contributed by atoms with van der Waals surface area (Å²) in [7, 11) is 0. The molecule has 1 aromatic carbocycles. The molecule has 0 spiro atoms. The number of carbonyl (C=O) groups excluding carboxylic acids is 2. The van der Waals surface area contributed by atoms with Gasteiger partial charge in [0.05, 0.1) is 12.5 Å². The zero-order chi connectivity index (χ0) is 19.8. The van der Waals surface area contributed by atoms with Crippen molar-refractivity contribution in [1.29, 1.82) is 0 Å². The van der Waals surface area contributed by atoms with Gasteiger partial charge in [-0.2, -0.15) is 0 Å². The molecule has 0 radical (unpaired) electrons. The van der Waals surface area contributed by atoms with Crippen LogP contribution in [0.1, 0.15) is 37.8 Å². The van der Waals surface area contributed by atoms with Crippen LogP contribution in [0.15, 0.2) is 18.2 Å². The van der Waals surface area contributed by atoms with Gasteiger partial charge >= 0.3 is 6.03 Å². The fraction of sp³-hybridized carbons (Fsp3) is 0.619. The normalized spacial score (nSPS) is 16.7. The van der Waals surface area contributed by atoms with Gasteiger partial charge in [-0.3, -0.25) is 4.79 Å². The molecule has 0 saturated carbocycles. The Morgan fingerprint density at radius 1 is 1.26 bits per heavy atom. The number of amides is 3. The summed E-state index contributed by atoms with van der Waals surface area (Å²) in [6, 6.07) is 6.10. The Hall–Kier alpha value is -2.24. The summed E-state index contributed by atoms with van der Waals surface area (Å²) in [5.74, 6) is 0.721. The number of nitrogens with one attached hydrogen (secondary N) is 1. The molecule has 6 heteroatoms. The van der Waals surface area contributed by atoms with Gasteiger partial charge in [-0.25, -0.2) is 4.79 Å². The molecule has 1 unspecified atom stereocenters. The van der Waals surface area contributed by atoms with Crippen LogP contribution in [-0.2, 0) is 4.79 Å². The molecule has 0 bridgehead atoms. The summed E-state index contributed by atoms with van der Waals surface area (Å²) in [5, 5.41) is 2.95. The third-order valence-corrected chi connectivity index (χ3v) is 5.09. The first-order valence-corrected chi connectivity index (χ1v) is 9.97. The van der Waals surface area contributed by atoms with E-state index in [1.807, 2.05) is 37.8 Å². The molecule has 1 saturated heterocycles. The number of nitrogens with zero attached hydrogens (tertiary/aromatic N) is 2. The number of urea groups is 1. The van der Waals surface area contributed by atoms with Crippen molar-refractivity contribution in [2.75, 3.05) is 39.3 Å². The molecule has 1 heterocycles. The Morgan fingerprint density at radius 2 is 2.00 bits per heavy atom. The van der Waals surface area contributed by atoms with E-state index in [9.17, 15) is 9.59 Å². The van der Waals surface area contributed by atoms with Gasteiger partial charge in [0.15, 0.2) is 0 Å². The van der Waals surface area contributed by atoms with E-state index in [1.54, 1.807) is 4.90 Å². The Bertz CT molecular complexity index is 644. The molecule has 1 fully saturated rings. The quantitative estimate of drug-likeness (QED) is 0.745. The second kappa shape index (κ2) is 10.2. The van der Waals surface area contributed by atoms with E-state index < -0.39 is 0 Å². The molecule has 1 aliphatic heterocycles. The van der Waals surface area contributed by atoms with Crippen LogP contribution >= 0.6 is 0 Å². The topological polar surface area (TPSA) is 61.9 Å².